The van der Waals surface area contributed by atoms with Crippen LogP contribution in [-0.2, 0) is 4.79 Å². The molecule has 3 nitrogen and oxygen atoms in total. The van der Waals surface area contributed by atoms with Crippen LogP contribution in [0.4, 0.5) is 0 Å². The number of aldehydes is 1. The highest BCUT2D eigenvalue weighted by Gasteiger charge is 2.64. The summed E-state index contributed by atoms with van der Waals surface area (Å²) >= 11 is 0. The Morgan fingerprint density at radius 1 is 0.966 bits per heavy atom. The maximum atomic E-state index is 11.6. The van der Waals surface area contributed by atoms with Crippen molar-refractivity contribution in [2.75, 3.05) is 0 Å². The number of carbonyl (C=O) groups is 1. The molecule has 3 heteroatoms. The molecule has 0 bridgehead atoms. The molecule has 0 spiro atoms. The second-order valence-corrected chi connectivity index (χ2v) is 12.2. The maximum absolute atomic E-state index is 11.6. The summed E-state index contributed by atoms with van der Waals surface area (Å²) < 4.78 is 0. The first kappa shape index (κ1) is 21.8. The van der Waals surface area contributed by atoms with Gasteiger partial charge in [0.15, 0.2) is 0 Å². The Morgan fingerprint density at radius 2 is 1.62 bits per heavy atom. The number of rotatable bonds is 4. The monoisotopic (exact) mass is 404 g/mol. The van der Waals surface area contributed by atoms with Crippen LogP contribution in [0.25, 0.3) is 0 Å². The van der Waals surface area contributed by atoms with Crippen LogP contribution in [0.1, 0.15) is 86.0 Å². The van der Waals surface area contributed by atoms with Gasteiger partial charge < -0.3 is 15.0 Å². The minimum Gasteiger partial charge on any atom is -0.393 e. The third-order valence-corrected chi connectivity index (χ3v) is 10.9. The van der Waals surface area contributed by atoms with E-state index in [0.717, 1.165) is 32.0 Å². The highest BCUT2D eigenvalue weighted by molar-refractivity contribution is 5.52. The first-order valence-electron chi connectivity index (χ1n) is 12.4. The lowest BCUT2D eigenvalue weighted by atomic mass is 9.42. The number of fused-ring (bicyclic) bond motifs is 5. The molecular formula is C26H44O3. The van der Waals surface area contributed by atoms with Crippen LogP contribution in [0.15, 0.2) is 0 Å². The fourth-order valence-corrected chi connectivity index (χ4v) is 9.43. The number of aliphatic hydroxyl groups excluding tert-OH is 2. The predicted octanol–water partition coefficient (Wildman–Crippen LogP) is 5.08. The van der Waals surface area contributed by atoms with E-state index < -0.39 is 0 Å². The van der Waals surface area contributed by atoms with E-state index in [1.807, 2.05) is 0 Å². The molecule has 2 N–H and O–H groups in total. The summed E-state index contributed by atoms with van der Waals surface area (Å²) in [6, 6.07) is 0. The van der Waals surface area contributed by atoms with Crippen molar-refractivity contribution in [3.05, 3.63) is 0 Å². The van der Waals surface area contributed by atoms with Crippen molar-refractivity contribution in [1.29, 1.82) is 0 Å². The molecule has 0 aromatic carbocycles. The summed E-state index contributed by atoms with van der Waals surface area (Å²) in [5.74, 6) is 3.78. The smallest absolute Gasteiger partial charge is 0.122 e. The molecule has 4 saturated carbocycles. The van der Waals surface area contributed by atoms with E-state index in [9.17, 15) is 15.0 Å². The predicted molar refractivity (Wildman–Crippen MR) is 116 cm³/mol. The molecule has 4 aliphatic rings. The van der Waals surface area contributed by atoms with Crippen LogP contribution in [-0.4, -0.2) is 28.7 Å². The second-order valence-electron chi connectivity index (χ2n) is 12.2. The molecular weight excluding hydrogens is 360 g/mol. The summed E-state index contributed by atoms with van der Waals surface area (Å²) in [6.07, 6.45) is 9.66. The van der Waals surface area contributed by atoms with Gasteiger partial charge in [0.05, 0.1) is 12.2 Å². The number of carbonyl (C=O) groups excluding carboxylic acids is 1. The Bertz CT molecular complexity index is 619. The van der Waals surface area contributed by atoms with Gasteiger partial charge in [0.1, 0.15) is 6.29 Å². The summed E-state index contributed by atoms with van der Waals surface area (Å²) in [4.78, 5) is 11.2. The molecule has 0 aliphatic heterocycles. The van der Waals surface area contributed by atoms with Gasteiger partial charge in [0.25, 0.3) is 0 Å². The topological polar surface area (TPSA) is 57.5 Å². The van der Waals surface area contributed by atoms with Crippen molar-refractivity contribution >= 4 is 6.29 Å². The minimum atomic E-state index is -0.226. The highest BCUT2D eigenvalue weighted by atomic mass is 16.3. The Kier molecular flexibility index (Phi) is 5.73. The van der Waals surface area contributed by atoms with E-state index in [1.54, 1.807) is 0 Å². The van der Waals surface area contributed by atoms with E-state index in [0.29, 0.717) is 40.9 Å². The molecule has 0 radical (unpaired) electrons. The molecule has 4 rings (SSSR count). The first-order chi connectivity index (χ1) is 13.6. The SMILES string of the molecule is CC(C=O)C[C@@H](C)[C@H]1CCC2C3C(CC[C@@]21C)[C@@]1(C)CC[C@@H](O)CC1[C@@H](C)[C@H]3O. The van der Waals surface area contributed by atoms with Crippen LogP contribution in [0, 0.1) is 58.2 Å². The third kappa shape index (κ3) is 3.25. The van der Waals surface area contributed by atoms with Gasteiger partial charge in [-0.3, -0.25) is 0 Å². The van der Waals surface area contributed by atoms with Crippen molar-refractivity contribution in [3.8, 4) is 0 Å². The van der Waals surface area contributed by atoms with Crippen LogP contribution in [0.2, 0.25) is 0 Å². The lowest BCUT2D eigenvalue weighted by molar-refractivity contribution is -0.199. The van der Waals surface area contributed by atoms with Gasteiger partial charge in [-0.1, -0.05) is 34.6 Å². The van der Waals surface area contributed by atoms with E-state index in [-0.39, 0.29) is 29.5 Å². The van der Waals surface area contributed by atoms with E-state index >= 15 is 0 Å². The molecule has 12 atom stereocenters. The number of hydrogen-bond acceptors (Lipinski definition) is 3. The standard InChI is InChI=1S/C26H44O3/c1-15(14-27)12-16(2)19-6-7-20-23-21(9-11-25(19,20)4)26(5)10-8-18(28)13-22(26)17(3)24(23)29/h14-24,28-29H,6-13H2,1-5H3/t15?,16-,17-,18-,19-,20?,21?,22?,23?,24-,25-,26-/m1/s1. The quantitative estimate of drug-likeness (QED) is 0.642. The lowest BCUT2D eigenvalue weighted by Gasteiger charge is -2.64. The average molecular weight is 405 g/mol. The first-order valence-corrected chi connectivity index (χ1v) is 12.4. The van der Waals surface area contributed by atoms with Crippen molar-refractivity contribution < 1.29 is 15.0 Å². The van der Waals surface area contributed by atoms with E-state index in [4.69, 9.17) is 0 Å². The second kappa shape index (κ2) is 7.62. The summed E-state index contributed by atoms with van der Waals surface area (Å²) in [7, 11) is 0. The normalized spacial score (nSPS) is 54.0. The molecule has 166 valence electrons. The number of aliphatic hydroxyl groups is 2. The van der Waals surface area contributed by atoms with Crippen LogP contribution >= 0.6 is 0 Å². The van der Waals surface area contributed by atoms with Crippen molar-refractivity contribution in [2.24, 2.45) is 58.2 Å². The third-order valence-electron chi connectivity index (χ3n) is 10.9. The molecule has 4 aliphatic carbocycles. The molecule has 29 heavy (non-hydrogen) atoms. The molecule has 0 aromatic heterocycles. The summed E-state index contributed by atoms with van der Waals surface area (Å²) in [5.41, 5.74) is 0.584. The molecule has 0 aromatic rings. The van der Waals surface area contributed by atoms with Gasteiger partial charge >= 0.3 is 0 Å². The zero-order chi connectivity index (χ0) is 21.1. The minimum absolute atomic E-state index is 0.151. The molecule has 0 amide bonds. The van der Waals surface area contributed by atoms with Crippen molar-refractivity contribution in [3.63, 3.8) is 0 Å². The van der Waals surface area contributed by atoms with Crippen molar-refractivity contribution in [1.82, 2.24) is 0 Å². The average Bonchev–Trinajstić information content (AvgIpc) is 3.04. The summed E-state index contributed by atoms with van der Waals surface area (Å²) in [6.45, 7) is 11.7. The van der Waals surface area contributed by atoms with Crippen LogP contribution in [0.5, 0.6) is 0 Å². The van der Waals surface area contributed by atoms with Gasteiger partial charge in [-0.25, -0.2) is 0 Å². The Morgan fingerprint density at radius 3 is 2.31 bits per heavy atom. The zero-order valence-electron chi connectivity index (χ0n) is 19.3. The van der Waals surface area contributed by atoms with Crippen molar-refractivity contribution in [2.45, 2.75) is 98.2 Å². The van der Waals surface area contributed by atoms with E-state index in [2.05, 4.69) is 34.6 Å². The highest BCUT2D eigenvalue weighted by Crippen LogP contribution is 2.69. The molecule has 0 saturated heterocycles. The fourth-order valence-electron chi connectivity index (χ4n) is 9.43. The maximum Gasteiger partial charge on any atom is 0.122 e. The van der Waals surface area contributed by atoms with Crippen LogP contribution < -0.4 is 0 Å². The molecule has 0 heterocycles. The Labute approximate surface area is 178 Å². The van der Waals surface area contributed by atoms with E-state index in [1.165, 1.54) is 25.7 Å². The van der Waals surface area contributed by atoms with Gasteiger partial charge in [-0.2, -0.15) is 0 Å². The fraction of sp³-hybridized carbons (Fsp3) is 0.962. The van der Waals surface area contributed by atoms with Gasteiger partial charge in [0, 0.05) is 5.92 Å². The van der Waals surface area contributed by atoms with Gasteiger partial charge in [0.2, 0.25) is 0 Å². The Hall–Kier alpha value is -0.410. The molecule has 5 unspecified atom stereocenters. The number of hydrogen-bond donors (Lipinski definition) is 2. The summed E-state index contributed by atoms with van der Waals surface area (Å²) in [5, 5.41) is 21.9. The van der Waals surface area contributed by atoms with Gasteiger partial charge in [-0.05, 0) is 104 Å². The van der Waals surface area contributed by atoms with Gasteiger partial charge in [-0.15, -0.1) is 0 Å². The largest absolute Gasteiger partial charge is 0.393 e. The molecule has 4 fully saturated rings. The lowest BCUT2D eigenvalue weighted by Crippen LogP contribution is -2.61. The van der Waals surface area contributed by atoms with Crippen LogP contribution in [0.3, 0.4) is 0 Å². The zero-order valence-corrected chi connectivity index (χ0v) is 19.3. The Balaban J connectivity index is 1.61.